The summed E-state index contributed by atoms with van der Waals surface area (Å²) in [7, 11) is 0. The molecule has 0 bridgehead atoms. The van der Waals surface area contributed by atoms with Crippen molar-refractivity contribution in [2.75, 3.05) is 5.32 Å². The highest BCUT2D eigenvalue weighted by Crippen LogP contribution is 2.34. The molecular formula is C22H30N2O4. The third-order valence-corrected chi connectivity index (χ3v) is 6.27. The molecule has 6 heteroatoms. The van der Waals surface area contributed by atoms with Crippen LogP contribution in [0, 0.1) is 11.8 Å². The van der Waals surface area contributed by atoms with E-state index in [0.29, 0.717) is 24.1 Å². The molecule has 0 aliphatic heterocycles. The monoisotopic (exact) mass is 386 g/mol. The number of carboxylic acids is 1. The van der Waals surface area contributed by atoms with Gasteiger partial charge in [-0.15, -0.1) is 0 Å². The lowest BCUT2D eigenvalue weighted by atomic mass is 9.73. The number of rotatable bonds is 5. The molecule has 2 unspecified atom stereocenters. The molecule has 3 N–H and O–H groups in total. The zero-order chi connectivity index (χ0) is 20.1. The Bertz CT molecular complexity index is 742. The standard InChI is InChI=1S/C22H30N2O4/c1-22(13-6-5-12-18(22)21(27)28)24-20(26)16-10-7-11-17(14-16)23-19(25)15-8-3-2-4-9-15/h7,10-11,14-15,18H,2-6,8-9,12-13H2,1H3,(H,23,25)(H,24,26)(H,27,28). The number of benzene rings is 1. The van der Waals surface area contributed by atoms with Crippen molar-refractivity contribution in [2.24, 2.45) is 11.8 Å². The topological polar surface area (TPSA) is 95.5 Å². The van der Waals surface area contributed by atoms with E-state index < -0.39 is 17.4 Å². The van der Waals surface area contributed by atoms with Crippen LogP contribution in [0.15, 0.2) is 24.3 Å². The number of nitrogens with one attached hydrogen (secondary N) is 2. The highest BCUT2D eigenvalue weighted by atomic mass is 16.4. The molecule has 28 heavy (non-hydrogen) atoms. The molecule has 2 saturated carbocycles. The number of hydrogen-bond donors (Lipinski definition) is 3. The lowest BCUT2D eigenvalue weighted by Crippen LogP contribution is -2.55. The van der Waals surface area contributed by atoms with Crippen molar-refractivity contribution in [3.8, 4) is 0 Å². The highest BCUT2D eigenvalue weighted by molar-refractivity contribution is 5.98. The minimum Gasteiger partial charge on any atom is -0.481 e. The first-order valence-electron chi connectivity index (χ1n) is 10.4. The molecule has 6 nitrogen and oxygen atoms in total. The number of aliphatic carboxylic acids is 1. The Morgan fingerprint density at radius 3 is 2.46 bits per heavy atom. The summed E-state index contributed by atoms with van der Waals surface area (Å²) < 4.78 is 0. The molecule has 152 valence electrons. The zero-order valence-electron chi connectivity index (χ0n) is 16.5. The summed E-state index contributed by atoms with van der Waals surface area (Å²) in [6.07, 6.45) is 8.19. The highest BCUT2D eigenvalue weighted by Gasteiger charge is 2.42. The lowest BCUT2D eigenvalue weighted by Gasteiger charge is -2.39. The quantitative estimate of drug-likeness (QED) is 0.713. The van der Waals surface area contributed by atoms with Gasteiger partial charge in [0.2, 0.25) is 5.91 Å². The van der Waals surface area contributed by atoms with Crippen molar-refractivity contribution in [1.82, 2.24) is 5.32 Å². The van der Waals surface area contributed by atoms with Crippen molar-refractivity contribution in [1.29, 1.82) is 0 Å². The Balaban J connectivity index is 1.68. The van der Waals surface area contributed by atoms with Crippen molar-refractivity contribution in [3.05, 3.63) is 29.8 Å². The minimum atomic E-state index is -0.865. The second-order valence-electron chi connectivity index (χ2n) is 8.41. The van der Waals surface area contributed by atoms with Gasteiger partial charge in [0.15, 0.2) is 0 Å². The van der Waals surface area contributed by atoms with E-state index >= 15 is 0 Å². The van der Waals surface area contributed by atoms with E-state index in [1.165, 1.54) is 6.42 Å². The van der Waals surface area contributed by atoms with Gasteiger partial charge in [0.05, 0.1) is 11.5 Å². The molecule has 2 amide bonds. The molecule has 0 aromatic heterocycles. The van der Waals surface area contributed by atoms with Gasteiger partial charge in [-0.1, -0.05) is 38.2 Å². The maximum atomic E-state index is 12.8. The third kappa shape index (κ3) is 4.72. The Morgan fingerprint density at radius 2 is 1.75 bits per heavy atom. The molecule has 0 spiro atoms. The van der Waals surface area contributed by atoms with Crippen LogP contribution in [0.1, 0.15) is 75.1 Å². The molecule has 0 saturated heterocycles. The molecule has 0 radical (unpaired) electrons. The Labute approximate surface area is 166 Å². The Hall–Kier alpha value is -2.37. The second kappa shape index (κ2) is 8.76. The number of hydrogen-bond acceptors (Lipinski definition) is 3. The molecule has 2 aliphatic carbocycles. The molecule has 2 fully saturated rings. The van der Waals surface area contributed by atoms with Crippen molar-refractivity contribution in [3.63, 3.8) is 0 Å². The molecule has 1 aromatic carbocycles. The average Bonchev–Trinajstić information content (AvgIpc) is 2.68. The number of carbonyl (C=O) groups is 3. The Kier molecular flexibility index (Phi) is 6.37. The van der Waals surface area contributed by atoms with Crippen LogP contribution in [-0.4, -0.2) is 28.4 Å². The largest absolute Gasteiger partial charge is 0.481 e. The molecule has 0 heterocycles. The predicted molar refractivity (Wildman–Crippen MR) is 107 cm³/mol. The number of anilines is 1. The van der Waals surface area contributed by atoms with E-state index in [-0.39, 0.29) is 17.7 Å². The number of carbonyl (C=O) groups excluding carboxylic acids is 2. The van der Waals surface area contributed by atoms with Gasteiger partial charge < -0.3 is 15.7 Å². The average molecular weight is 386 g/mol. The smallest absolute Gasteiger partial charge is 0.308 e. The van der Waals surface area contributed by atoms with Gasteiger partial charge in [0, 0.05) is 17.2 Å². The van der Waals surface area contributed by atoms with E-state index in [9.17, 15) is 19.5 Å². The maximum Gasteiger partial charge on any atom is 0.308 e. The summed E-state index contributed by atoms with van der Waals surface area (Å²) in [6.45, 7) is 1.82. The summed E-state index contributed by atoms with van der Waals surface area (Å²) in [5, 5.41) is 15.4. The van der Waals surface area contributed by atoms with Gasteiger partial charge in [-0.3, -0.25) is 14.4 Å². The van der Waals surface area contributed by atoms with Gasteiger partial charge in [0.1, 0.15) is 0 Å². The van der Waals surface area contributed by atoms with Gasteiger partial charge in [-0.2, -0.15) is 0 Å². The first-order valence-corrected chi connectivity index (χ1v) is 10.4. The molecule has 2 aliphatic rings. The summed E-state index contributed by atoms with van der Waals surface area (Å²) >= 11 is 0. The summed E-state index contributed by atoms with van der Waals surface area (Å²) in [5.74, 6) is -1.69. The normalized spacial score (nSPS) is 25.7. The van der Waals surface area contributed by atoms with Crippen molar-refractivity contribution in [2.45, 2.75) is 70.3 Å². The van der Waals surface area contributed by atoms with Gasteiger partial charge in [-0.25, -0.2) is 0 Å². The molecule has 1 aromatic rings. The van der Waals surface area contributed by atoms with Crippen LogP contribution in [0.3, 0.4) is 0 Å². The van der Waals surface area contributed by atoms with Crippen molar-refractivity contribution < 1.29 is 19.5 Å². The Morgan fingerprint density at radius 1 is 1.04 bits per heavy atom. The fourth-order valence-corrected chi connectivity index (χ4v) is 4.56. The summed E-state index contributed by atoms with van der Waals surface area (Å²) in [4.78, 5) is 36.9. The van der Waals surface area contributed by atoms with E-state index in [1.807, 2.05) is 6.92 Å². The first kappa shape index (κ1) is 20.4. The summed E-state index contributed by atoms with van der Waals surface area (Å²) in [6, 6.07) is 6.87. The van der Waals surface area contributed by atoms with Gasteiger partial charge in [0.25, 0.3) is 5.91 Å². The van der Waals surface area contributed by atoms with E-state index in [1.54, 1.807) is 24.3 Å². The lowest BCUT2D eigenvalue weighted by molar-refractivity contribution is -0.145. The van der Waals surface area contributed by atoms with Crippen LogP contribution >= 0.6 is 0 Å². The molecular weight excluding hydrogens is 356 g/mol. The second-order valence-corrected chi connectivity index (χ2v) is 8.41. The van der Waals surface area contributed by atoms with Crippen molar-refractivity contribution >= 4 is 23.5 Å². The predicted octanol–water partition coefficient (Wildman–Crippen LogP) is 3.97. The van der Waals surface area contributed by atoms with E-state index in [2.05, 4.69) is 10.6 Å². The fraction of sp³-hybridized carbons (Fsp3) is 0.591. The van der Waals surface area contributed by atoms with Crippen LogP contribution in [-0.2, 0) is 9.59 Å². The molecule has 2 atom stereocenters. The minimum absolute atomic E-state index is 0.0161. The van der Waals surface area contributed by atoms with Gasteiger partial charge in [-0.05, 0) is 50.8 Å². The summed E-state index contributed by atoms with van der Waals surface area (Å²) in [5.41, 5.74) is 0.270. The van der Waals surface area contributed by atoms with Crippen LogP contribution in [0.25, 0.3) is 0 Å². The van der Waals surface area contributed by atoms with Crippen LogP contribution in [0.4, 0.5) is 5.69 Å². The SMILES string of the molecule is CC1(NC(=O)c2cccc(NC(=O)C3CCCCC3)c2)CCCCC1C(=O)O. The fourth-order valence-electron chi connectivity index (χ4n) is 4.56. The van der Waals surface area contributed by atoms with Crippen LogP contribution < -0.4 is 10.6 Å². The molecule has 3 rings (SSSR count). The first-order chi connectivity index (χ1) is 13.4. The van der Waals surface area contributed by atoms with Gasteiger partial charge >= 0.3 is 5.97 Å². The van der Waals surface area contributed by atoms with E-state index in [0.717, 1.165) is 38.5 Å². The maximum absolute atomic E-state index is 12.8. The number of amides is 2. The van der Waals surface area contributed by atoms with Crippen LogP contribution in [0.2, 0.25) is 0 Å². The zero-order valence-corrected chi connectivity index (χ0v) is 16.5. The number of carboxylic acid groups (broad SMARTS) is 1. The van der Waals surface area contributed by atoms with Crippen LogP contribution in [0.5, 0.6) is 0 Å². The third-order valence-electron chi connectivity index (χ3n) is 6.27. The van der Waals surface area contributed by atoms with E-state index in [4.69, 9.17) is 0 Å².